The Kier molecular flexibility index (Phi) is 3.11. The van der Waals surface area contributed by atoms with Crippen LogP contribution >= 0.6 is 11.8 Å². The average Bonchev–Trinajstić information content (AvgIpc) is 2.30. The van der Waals surface area contributed by atoms with E-state index in [1.165, 1.54) is 0 Å². The van der Waals surface area contributed by atoms with Gasteiger partial charge in [-0.15, -0.1) is 11.8 Å². The number of pyridine rings is 1. The van der Waals surface area contributed by atoms with E-state index in [0.717, 1.165) is 21.5 Å². The Labute approximate surface area is 93.7 Å². The minimum Gasteiger partial charge on any atom is -0.492 e. The second-order valence-corrected chi connectivity index (χ2v) is 3.91. The molecule has 0 aliphatic carbocycles. The molecule has 1 aromatic carbocycles. The molecule has 0 radical (unpaired) electrons. The highest BCUT2D eigenvalue weighted by Crippen LogP contribution is 2.30. The lowest BCUT2D eigenvalue weighted by molar-refractivity contribution is 0.342. The molecule has 0 amide bonds. The second kappa shape index (κ2) is 4.53. The Morgan fingerprint density at radius 1 is 1.27 bits per heavy atom. The summed E-state index contributed by atoms with van der Waals surface area (Å²) >= 11 is 1.66. The zero-order valence-corrected chi connectivity index (χ0v) is 9.67. The molecule has 0 saturated carbocycles. The summed E-state index contributed by atoms with van der Waals surface area (Å²) in [5, 5.41) is 3.35. The van der Waals surface area contributed by atoms with E-state index in [0.29, 0.717) is 6.61 Å². The van der Waals surface area contributed by atoms with Crippen LogP contribution < -0.4 is 4.74 Å². The van der Waals surface area contributed by atoms with E-state index >= 15 is 0 Å². The van der Waals surface area contributed by atoms with Crippen LogP contribution in [0.3, 0.4) is 0 Å². The molecule has 0 N–H and O–H groups in total. The van der Waals surface area contributed by atoms with Gasteiger partial charge in [0.25, 0.3) is 0 Å². The van der Waals surface area contributed by atoms with Gasteiger partial charge in [-0.3, -0.25) is 0 Å². The molecule has 3 heteroatoms. The topological polar surface area (TPSA) is 22.1 Å². The summed E-state index contributed by atoms with van der Waals surface area (Å²) in [4.78, 5) is 4.38. The van der Waals surface area contributed by atoms with Gasteiger partial charge in [-0.2, -0.15) is 0 Å². The van der Waals surface area contributed by atoms with E-state index in [2.05, 4.69) is 17.1 Å². The molecule has 0 bridgehead atoms. The maximum Gasteiger partial charge on any atom is 0.145 e. The van der Waals surface area contributed by atoms with Crippen LogP contribution in [0.2, 0.25) is 0 Å². The van der Waals surface area contributed by atoms with Gasteiger partial charge in [0, 0.05) is 10.8 Å². The predicted octanol–water partition coefficient (Wildman–Crippen LogP) is 3.36. The molecule has 2 aromatic rings. The molecule has 0 aliphatic heterocycles. The molecule has 1 aromatic heterocycles. The lowest BCUT2D eigenvalue weighted by Crippen LogP contribution is -1.94. The highest BCUT2D eigenvalue weighted by atomic mass is 32.2. The maximum absolute atomic E-state index is 5.55. The van der Waals surface area contributed by atoms with Crippen molar-refractivity contribution in [3.05, 3.63) is 30.5 Å². The molecule has 2 rings (SSSR count). The minimum absolute atomic E-state index is 0.671. The molecular formula is C12H13NOS. The first-order valence-electron chi connectivity index (χ1n) is 4.91. The normalized spacial score (nSPS) is 10.5. The summed E-state index contributed by atoms with van der Waals surface area (Å²) in [7, 11) is 0. The van der Waals surface area contributed by atoms with Crippen LogP contribution in [0.5, 0.6) is 5.75 Å². The third-order valence-electron chi connectivity index (χ3n) is 2.22. The maximum atomic E-state index is 5.55. The fraction of sp³-hybridized carbons (Fsp3) is 0.250. The summed E-state index contributed by atoms with van der Waals surface area (Å²) < 4.78 is 5.55. The third kappa shape index (κ3) is 1.92. The van der Waals surface area contributed by atoms with Crippen LogP contribution in [0.1, 0.15) is 6.92 Å². The van der Waals surface area contributed by atoms with E-state index in [-0.39, 0.29) is 0 Å². The van der Waals surface area contributed by atoms with Crippen molar-refractivity contribution < 1.29 is 4.74 Å². The van der Waals surface area contributed by atoms with Crippen LogP contribution in [0.4, 0.5) is 0 Å². The van der Waals surface area contributed by atoms with Crippen molar-refractivity contribution in [1.82, 2.24) is 4.98 Å². The monoisotopic (exact) mass is 219 g/mol. The van der Waals surface area contributed by atoms with Gasteiger partial charge in [-0.1, -0.05) is 24.3 Å². The molecular weight excluding hydrogens is 206 g/mol. The number of thioether (sulfide) groups is 1. The Balaban J connectivity index is 2.66. The molecule has 78 valence electrons. The van der Waals surface area contributed by atoms with Crippen LogP contribution in [0.15, 0.2) is 35.5 Å². The number of ether oxygens (including phenoxy) is 1. The van der Waals surface area contributed by atoms with Crippen molar-refractivity contribution in [3.63, 3.8) is 0 Å². The molecule has 1 heterocycles. The fourth-order valence-corrected chi connectivity index (χ4v) is 2.13. The third-order valence-corrected chi connectivity index (χ3v) is 2.93. The van der Waals surface area contributed by atoms with E-state index in [4.69, 9.17) is 4.74 Å². The van der Waals surface area contributed by atoms with Crippen LogP contribution in [0, 0.1) is 0 Å². The van der Waals surface area contributed by atoms with Gasteiger partial charge in [0.1, 0.15) is 10.8 Å². The van der Waals surface area contributed by atoms with Gasteiger partial charge >= 0.3 is 0 Å². The molecule has 0 aliphatic rings. The Bertz CT molecular complexity index is 470. The highest BCUT2D eigenvalue weighted by Gasteiger charge is 2.06. The number of fused-ring (bicyclic) bond motifs is 1. The molecule has 0 unspecified atom stereocenters. The van der Waals surface area contributed by atoms with Crippen molar-refractivity contribution in [3.8, 4) is 5.75 Å². The SMILES string of the molecule is CCOc1cnc(SC)c2ccccc12. The number of nitrogens with zero attached hydrogens (tertiary/aromatic N) is 1. The summed E-state index contributed by atoms with van der Waals surface area (Å²) in [6, 6.07) is 8.20. The zero-order valence-electron chi connectivity index (χ0n) is 8.86. The largest absolute Gasteiger partial charge is 0.492 e. The quantitative estimate of drug-likeness (QED) is 0.739. The molecule has 0 spiro atoms. The Hall–Kier alpha value is -1.22. The zero-order chi connectivity index (χ0) is 10.7. The van der Waals surface area contributed by atoms with E-state index in [1.54, 1.807) is 18.0 Å². The number of rotatable bonds is 3. The number of hydrogen-bond acceptors (Lipinski definition) is 3. The van der Waals surface area contributed by atoms with Gasteiger partial charge in [-0.05, 0) is 13.2 Å². The summed E-state index contributed by atoms with van der Waals surface area (Å²) in [6.45, 7) is 2.65. The molecule has 0 fully saturated rings. The molecule has 2 nitrogen and oxygen atoms in total. The smallest absolute Gasteiger partial charge is 0.145 e. The van der Waals surface area contributed by atoms with Crippen molar-refractivity contribution in [2.45, 2.75) is 11.9 Å². The van der Waals surface area contributed by atoms with E-state index in [9.17, 15) is 0 Å². The lowest BCUT2D eigenvalue weighted by atomic mass is 10.2. The highest BCUT2D eigenvalue weighted by molar-refractivity contribution is 7.98. The number of aromatic nitrogens is 1. The first kappa shape index (κ1) is 10.3. The van der Waals surface area contributed by atoms with Gasteiger partial charge in [0.05, 0.1) is 12.8 Å². The van der Waals surface area contributed by atoms with Crippen molar-refractivity contribution in [1.29, 1.82) is 0 Å². The van der Waals surface area contributed by atoms with Crippen LogP contribution in [0.25, 0.3) is 10.8 Å². The first-order valence-corrected chi connectivity index (χ1v) is 6.13. The van der Waals surface area contributed by atoms with Gasteiger partial charge in [0.2, 0.25) is 0 Å². The number of benzene rings is 1. The average molecular weight is 219 g/mol. The summed E-state index contributed by atoms with van der Waals surface area (Å²) in [5.74, 6) is 0.867. The van der Waals surface area contributed by atoms with E-state index < -0.39 is 0 Å². The van der Waals surface area contributed by atoms with Crippen molar-refractivity contribution >= 4 is 22.5 Å². The van der Waals surface area contributed by atoms with Crippen LogP contribution in [-0.4, -0.2) is 17.8 Å². The van der Waals surface area contributed by atoms with Gasteiger partial charge < -0.3 is 4.74 Å². The number of hydrogen-bond donors (Lipinski definition) is 0. The predicted molar refractivity (Wildman–Crippen MR) is 64.7 cm³/mol. The van der Waals surface area contributed by atoms with Crippen LogP contribution in [-0.2, 0) is 0 Å². The second-order valence-electron chi connectivity index (χ2n) is 3.11. The minimum atomic E-state index is 0.671. The Morgan fingerprint density at radius 2 is 2.00 bits per heavy atom. The summed E-state index contributed by atoms with van der Waals surface area (Å²) in [6.07, 6.45) is 3.84. The fourth-order valence-electron chi connectivity index (χ4n) is 1.57. The summed E-state index contributed by atoms with van der Waals surface area (Å²) in [5.41, 5.74) is 0. The van der Waals surface area contributed by atoms with Crippen molar-refractivity contribution in [2.75, 3.05) is 12.9 Å². The molecule has 15 heavy (non-hydrogen) atoms. The molecule has 0 atom stereocenters. The first-order chi connectivity index (χ1) is 7.36. The van der Waals surface area contributed by atoms with Crippen molar-refractivity contribution in [2.24, 2.45) is 0 Å². The van der Waals surface area contributed by atoms with Gasteiger partial charge in [0.15, 0.2) is 0 Å². The van der Waals surface area contributed by atoms with Gasteiger partial charge in [-0.25, -0.2) is 4.98 Å². The van der Waals surface area contributed by atoms with E-state index in [1.807, 2.05) is 25.3 Å². The molecule has 0 saturated heterocycles. The lowest BCUT2D eigenvalue weighted by Gasteiger charge is -2.08. The Morgan fingerprint density at radius 3 is 2.67 bits per heavy atom. The standard InChI is InChI=1S/C12H13NOS/c1-3-14-11-8-13-12(15-2)10-7-5-4-6-9(10)11/h4-8H,3H2,1-2H3.